The molecule has 0 unspecified atom stereocenters. The van der Waals surface area contributed by atoms with E-state index in [1.54, 1.807) is 0 Å². The average molecular weight is 250 g/mol. The highest BCUT2D eigenvalue weighted by atomic mass is 16.4. The van der Waals surface area contributed by atoms with Crippen LogP contribution in [0.25, 0.3) is 0 Å². The number of rotatable bonds is 9. The fourth-order valence-electron chi connectivity index (χ4n) is 0.720. The van der Waals surface area contributed by atoms with Crippen LogP contribution < -0.4 is 22.1 Å². The van der Waals surface area contributed by atoms with Gasteiger partial charge in [0.25, 0.3) is 0 Å². The zero-order chi connectivity index (χ0) is 13.5. The van der Waals surface area contributed by atoms with Crippen molar-refractivity contribution in [2.45, 2.75) is 6.42 Å². The van der Waals surface area contributed by atoms with Gasteiger partial charge in [0.1, 0.15) is 0 Å². The molecule has 0 atom stereocenters. The minimum Gasteiger partial charge on any atom is -0.480 e. The van der Waals surface area contributed by atoms with Crippen LogP contribution in [0.5, 0.6) is 0 Å². The van der Waals surface area contributed by atoms with Gasteiger partial charge >= 0.3 is 11.9 Å². The second kappa shape index (κ2) is 14.8. The van der Waals surface area contributed by atoms with Crippen molar-refractivity contribution in [3.05, 3.63) is 0 Å². The number of hydrogen-bond acceptors (Lipinski definition) is 6. The van der Waals surface area contributed by atoms with Crippen LogP contribution in [0.4, 0.5) is 0 Å². The second-order valence-corrected chi connectivity index (χ2v) is 3.07. The SMILES string of the molecule is NCCCNCC(=O)O.NCCNCC(=O)O. The van der Waals surface area contributed by atoms with Gasteiger partial charge in [-0.1, -0.05) is 0 Å². The molecule has 0 aliphatic heterocycles. The molecule has 0 saturated carbocycles. The Morgan fingerprint density at radius 3 is 1.71 bits per heavy atom. The molecule has 0 aliphatic carbocycles. The number of carboxylic acids is 2. The third kappa shape index (κ3) is 25.2. The normalized spacial score (nSPS) is 9.29. The van der Waals surface area contributed by atoms with Crippen molar-refractivity contribution in [3.63, 3.8) is 0 Å². The lowest BCUT2D eigenvalue weighted by atomic mass is 10.4. The van der Waals surface area contributed by atoms with E-state index in [-0.39, 0.29) is 13.1 Å². The molecule has 0 aromatic rings. The Balaban J connectivity index is 0. The van der Waals surface area contributed by atoms with Crippen molar-refractivity contribution in [3.8, 4) is 0 Å². The predicted octanol–water partition coefficient (Wildman–Crippen LogP) is -2.37. The highest BCUT2D eigenvalue weighted by Crippen LogP contribution is 1.68. The Morgan fingerprint density at radius 1 is 0.882 bits per heavy atom. The molecule has 17 heavy (non-hydrogen) atoms. The molecule has 0 aromatic carbocycles. The summed E-state index contributed by atoms with van der Waals surface area (Å²) in [6, 6.07) is 0. The first kappa shape index (κ1) is 18.2. The number of nitrogens with one attached hydrogen (secondary N) is 2. The van der Waals surface area contributed by atoms with Crippen LogP contribution in [0, 0.1) is 0 Å². The van der Waals surface area contributed by atoms with Gasteiger partial charge in [0.15, 0.2) is 0 Å². The Hall–Kier alpha value is -1.22. The van der Waals surface area contributed by atoms with Gasteiger partial charge in [-0.3, -0.25) is 9.59 Å². The molecule has 0 heterocycles. The van der Waals surface area contributed by atoms with Crippen LogP contribution in [0.2, 0.25) is 0 Å². The fourth-order valence-corrected chi connectivity index (χ4v) is 0.720. The van der Waals surface area contributed by atoms with Crippen LogP contribution in [0.15, 0.2) is 0 Å². The molecular weight excluding hydrogens is 228 g/mol. The van der Waals surface area contributed by atoms with E-state index < -0.39 is 11.9 Å². The maximum Gasteiger partial charge on any atom is 0.317 e. The average Bonchev–Trinajstić information content (AvgIpc) is 2.25. The summed E-state index contributed by atoms with van der Waals surface area (Å²) >= 11 is 0. The van der Waals surface area contributed by atoms with Crippen LogP contribution >= 0.6 is 0 Å². The summed E-state index contributed by atoms with van der Waals surface area (Å²) in [5, 5.41) is 21.5. The zero-order valence-corrected chi connectivity index (χ0v) is 9.82. The molecule has 0 amide bonds. The molecule has 8 N–H and O–H groups in total. The number of carbonyl (C=O) groups is 2. The number of hydrogen-bond donors (Lipinski definition) is 6. The van der Waals surface area contributed by atoms with Gasteiger partial charge in [-0.05, 0) is 19.5 Å². The summed E-state index contributed by atoms with van der Waals surface area (Å²) < 4.78 is 0. The highest BCUT2D eigenvalue weighted by molar-refractivity contribution is 5.69. The van der Waals surface area contributed by atoms with Crippen LogP contribution in [0.1, 0.15) is 6.42 Å². The predicted molar refractivity (Wildman–Crippen MR) is 63.7 cm³/mol. The van der Waals surface area contributed by atoms with E-state index in [0.29, 0.717) is 26.2 Å². The highest BCUT2D eigenvalue weighted by Gasteiger charge is 1.92. The Labute approximate surface area is 100 Å². The van der Waals surface area contributed by atoms with Crippen LogP contribution in [-0.4, -0.2) is 61.4 Å². The molecule has 8 heteroatoms. The van der Waals surface area contributed by atoms with Crippen molar-refractivity contribution in [1.82, 2.24) is 10.6 Å². The van der Waals surface area contributed by atoms with E-state index in [1.165, 1.54) is 0 Å². The summed E-state index contributed by atoms with van der Waals surface area (Å²) in [6.45, 7) is 2.35. The molecule has 0 spiro atoms. The van der Waals surface area contributed by atoms with Gasteiger partial charge in [0.05, 0.1) is 13.1 Å². The number of aliphatic carboxylic acids is 2. The maximum atomic E-state index is 9.87. The molecule has 0 aromatic heterocycles. The summed E-state index contributed by atoms with van der Waals surface area (Å²) in [7, 11) is 0. The van der Waals surface area contributed by atoms with Gasteiger partial charge < -0.3 is 32.3 Å². The van der Waals surface area contributed by atoms with E-state index in [4.69, 9.17) is 21.7 Å². The fraction of sp³-hybridized carbons (Fsp3) is 0.778. The lowest BCUT2D eigenvalue weighted by Gasteiger charge is -1.96. The van der Waals surface area contributed by atoms with E-state index in [0.717, 1.165) is 6.42 Å². The van der Waals surface area contributed by atoms with E-state index >= 15 is 0 Å². The molecule has 0 fully saturated rings. The Bertz CT molecular complexity index is 201. The second-order valence-electron chi connectivity index (χ2n) is 3.07. The number of nitrogens with two attached hydrogens (primary N) is 2. The summed E-state index contributed by atoms with van der Waals surface area (Å²) in [4.78, 5) is 19.6. The first-order valence-corrected chi connectivity index (χ1v) is 5.29. The van der Waals surface area contributed by atoms with Gasteiger partial charge in [0, 0.05) is 13.1 Å². The van der Waals surface area contributed by atoms with Crippen molar-refractivity contribution in [2.24, 2.45) is 11.5 Å². The Kier molecular flexibility index (Phi) is 15.8. The van der Waals surface area contributed by atoms with Gasteiger partial charge in [-0.2, -0.15) is 0 Å². The minimum absolute atomic E-state index is 0.00278. The van der Waals surface area contributed by atoms with Crippen molar-refractivity contribution >= 4 is 11.9 Å². The third-order valence-electron chi connectivity index (χ3n) is 1.43. The van der Waals surface area contributed by atoms with Crippen LogP contribution in [0.3, 0.4) is 0 Å². The molecule has 0 radical (unpaired) electrons. The van der Waals surface area contributed by atoms with E-state index in [1.807, 2.05) is 0 Å². The standard InChI is InChI=1S/C5H12N2O2.C4H10N2O2/c6-2-1-3-7-4-5(8)9;5-1-2-6-3-4(7)8/h7H,1-4,6H2,(H,8,9);6H,1-3,5H2,(H,7,8). The van der Waals surface area contributed by atoms with Crippen LogP contribution in [-0.2, 0) is 9.59 Å². The summed E-state index contributed by atoms with van der Waals surface area (Å²) in [5.74, 6) is -1.68. The molecule has 0 saturated heterocycles. The van der Waals surface area contributed by atoms with Gasteiger partial charge in [-0.15, -0.1) is 0 Å². The van der Waals surface area contributed by atoms with Crippen molar-refractivity contribution < 1.29 is 19.8 Å². The molecule has 0 bridgehead atoms. The van der Waals surface area contributed by atoms with E-state index in [9.17, 15) is 9.59 Å². The lowest BCUT2D eigenvalue weighted by Crippen LogP contribution is -2.27. The van der Waals surface area contributed by atoms with Gasteiger partial charge in [0.2, 0.25) is 0 Å². The third-order valence-corrected chi connectivity index (χ3v) is 1.43. The Morgan fingerprint density at radius 2 is 1.35 bits per heavy atom. The molecule has 0 rings (SSSR count). The smallest absolute Gasteiger partial charge is 0.317 e. The maximum absolute atomic E-state index is 9.87. The molecular formula is C9H22N4O4. The topological polar surface area (TPSA) is 151 Å². The minimum atomic E-state index is -0.849. The number of carboxylic acid groups (broad SMARTS) is 2. The first-order chi connectivity index (χ1) is 8.04. The first-order valence-electron chi connectivity index (χ1n) is 5.29. The monoisotopic (exact) mass is 250 g/mol. The summed E-state index contributed by atoms with van der Waals surface area (Å²) in [6.07, 6.45) is 0.827. The quantitative estimate of drug-likeness (QED) is 0.248. The summed E-state index contributed by atoms with van der Waals surface area (Å²) in [5.41, 5.74) is 10.2. The molecule has 0 aliphatic rings. The van der Waals surface area contributed by atoms with Crippen molar-refractivity contribution in [1.29, 1.82) is 0 Å². The van der Waals surface area contributed by atoms with Crippen molar-refractivity contribution in [2.75, 3.05) is 39.3 Å². The van der Waals surface area contributed by atoms with E-state index in [2.05, 4.69) is 10.6 Å². The molecule has 102 valence electrons. The molecule has 8 nitrogen and oxygen atoms in total. The van der Waals surface area contributed by atoms with Gasteiger partial charge in [-0.25, -0.2) is 0 Å². The zero-order valence-electron chi connectivity index (χ0n) is 9.82. The lowest BCUT2D eigenvalue weighted by molar-refractivity contribution is -0.136. The largest absolute Gasteiger partial charge is 0.480 e.